The van der Waals surface area contributed by atoms with Gasteiger partial charge in [0.1, 0.15) is 5.76 Å². The third-order valence-corrected chi connectivity index (χ3v) is 5.32. The number of hydrogen-bond donors (Lipinski definition) is 1. The summed E-state index contributed by atoms with van der Waals surface area (Å²) in [6.07, 6.45) is 8.89. The van der Waals surface area contributed by atoms with Crippen LogP contribution in [-0.2, 0) is 0 Å². The van der Waals surface area contributed by atoms with Gasteiger partial charge in [0.05, 0.1) is 12.3 Å². The summed E-state index contributed by atoms with van der Waals surface area (Å²) >= 11 is 0. The first-order valence-corrected chi connectivity index (χ1v) is 8.28. The van der Waals surface area contributed by atoms with Gasteiger partial charge in [-0.25, -0.2) is 0 Å². The number of piperazine rings is 1. The van der Waals surface area contributed by atoms with Crippen LogP contribution in [0.3, 0.4) is 0 Å². The summed E-state index contributed by atoms with van der Waals surface area (Å²) in [7, 11) is 0. The Morgan fingerprint density at radius 2 is 2.10 bits per heavy atom. The quantitative estimate of drug-likeness (QED) is 0.914. The molecule has 3 unspecified atom stereocenters. The zero-order chi connectivity index (χ0) is 13.9. The molecule has 2 aliphatic rings. The molecule has 0 amide bonds. The van der Waals surface area contributed by atoms with Crippen molar-refractivity contribution in [1.82, 2.24) is 10.2 Å². The zero-order valence-electron chi connectivity index (χ0n) is 12.8. The van der Waals surface area contributed by atoms with Crippen molar-refractivity contribution in [1.29, 1.82) is 0 Å². The molecule has 1 aromatic rings. The van der Waals surface area contributed by atoms with Crippen molar-refractivity contribution in [3.63, 3.8) is 0 Å². The van der Waals surface area contributed by atoms with Crippen LogP contribution in [0.5, 0.6) is 0 Å². The van der Waals surface area contributed by atoms with E-state index < -0.39 is 0 Å². The number of nitrogens with zero attached hydrogens (tertiary/aromatic N) is 1. The van der Waals surface area contributed by atoms with Gasteiger partial charge in [0.25, 0.3) is 0 Å². The Morgan fingerprint density at radius 1 is 1.30 bits per heavy atom. The minimum atomic E-state index is 0.383. The minimum absolute atomic E-state index is 0.383. The van der Waals surface area contributed by atoms with Gasteiger partial charge in [-0.3, -0.25) is 4.90 Å². The lowest BCUT2D eigenvalue weighted by atomic mass is 9.82. The number of hydrogen-bond acceptors (Lipinski definition) is 3. The molecule has 2 fully saturated rings. The maximum atomic E-state index is 5.62. The third kappa shape index (κ3) is 2.94. The molecule has 0 radical (unpaired) electrons. The Morgan fingerprint density at radius 3 is 2.80 bits per heavy atom. The lowest BCUT2D eigenvalue weighted by molar-refractivity contribution is 0.0635. The van der Waals surface area contributed by atoms with E-state index in [9.17, 15) is 0 Å². The first-order chi connectivity index (χ1) is 9.75. The van der Waals surface area contributed by atoms with E-state index in [1.165, 1.54) is 32.1 Å². The molecular weight excluding hydrogens is 248 g/mol. The van der Waals surface area contributed by atoms with Crippen LogP contribution in [0.2, 0.25) is 0 Å². The van der Waals surface area contributed by atoms with Gasteiger partial charge in [0, 0.05) is 25.2 Å². The molecule has 1 aromatic heterocycles. The van der Waals surface area contributed by atoms with Crippen LogP contribution >= 0.6 is 0 Å². The zero-order valence-corrected chi connectivity index (χ0v) is 12.8. The van der Waals surface area contributed by atoms with Crippen LogP contribution in [-0.4, -0.2) is 30.1 Å². The maximum Gasteiger partial charge on any atom is 0.120 e. The second-order valence-electron chi connectivity index (χ2n) is 6.65. The molecule has 1 saturated carbocycles. The SMILES string of the molecule is CC1CNC(C2CCCCC2)CN1C(C)c1ccco1. The Hall–Kier alpha value is -0.800. The molecule has 3 atom stereocenters. The highest BCUT2D eigenvalue weighted by molar-refractivity contribution is 5.05. The molecule has 1 saturated heterocycles. The topological polar surface area (TPSA) is 28.4 Å². The fraction of sp³-hybridized carbons (Fsp3) is 0.765. The average molecular weight is 276 g/mol. The van der Waals surface area contributed by atoms with Gasteiger partial charge in [0.15, 0.2) is 0 Å². The van der Waals surface area contributed by atoms with Crippen molar-refractivity contribution in [2.75, 3.05) is 13.1 Å². The van der Waals surface area contributed by atoms with Gasteiger partial charge in [-0.05, 0) is 44.7 Å². The molecule has 112 valence electrons. The summed E-state index contributed by atoms with van der Waals surface area (Å²) in [5, 5.41) is 3.80. The van der Waals surface area contributed by atoms with E-state index in [-0.39, 0.29) is 0 Å². The maximum absolute atomic E-state index is 5.62. The summed E-state index contributed by atoms with van der Waals surface area (Å²) < 4.78 is 5.62. The van der Waals surface area contributed by atoms with Gasteiger partial charge in [-0.15, -0.1) is 0 Å². The first-order valence-electron chi connectivity index (χ1n) is 8.28. The van der Waals surface area contributed by atoms with Crippen LogP contribution in [0.4, 0.5) is 0 Å². The highest BCUT2D eigenvalue weighted by Crippen LogP contribution is 2.31. The summed E-state index contributed by atoms with van der Waals surface area (Å²) in [6.45, 7) is 6.86. The van der Waals surface area contributed by atoms with Gasteiger partial charge >= 0.3 is 0 Å². The lowest BCUT2D eigenvalue weighted by Crippen LogP contribution is -2.58. The molecule has 1 aliphatic heterocycles. The monoisotopic (exact) mass is 276 g/mol. The number of furan rings is 1. The smallest absolute Gasteiger partial charge is 0.120 e. The van der Waals surface area contributed by atoms with Crippen molar-refractivity contribution in [2.45, 2.75) is 64.1 Å². The van der Waals surface area contributed by atoms with E-state index in [2.05, 4.69) is 30.1 Å². The fourth-order valence-corrected chi connectivity index (χ4v) is 4.00. The van der Waals surface area contributed by atoms with Crippen LogP contribution in [0.25, 0.3) is 0 Å². The van der Waals surface area contributed by atoms with Crippen molar-refractivity contribution < 1.29 is 4.42 Å². The van der Waals surface area contributed by atoms with Gasteiger partial charge < -0.3 is 9.73 Å². The number of nitrogens with one attached hydrogen (secondary N) is 1. The minimum Gasteiger partial charge on any atom is -0.468 e. The molecule has 0 bridgehead atoms. The molecule has 1 aliphatic carbocycles. The predicted octanol–water partition coefficient (Wildman–Crippen LogP) is 3.58. The molecule has 3 nitrogen and oxygen atoms in total. The van der Waals surface area contributed by atoms with Gasteiger partial charge in [-0.1, -0.05) is 19.3 Å². The third-order valence-electron chi connectivity index (χ3n) is 5.32. The normalized spacial score (nSPS) is 31.3. The van der Waals surface area contributed by atoms with E-state index in [4.69, 9.17) is 4.42 Å². The molecule has 0 aromatic carbocycles. The largest absolute Gasteiger partial charge is 0.468 e. The summed E-state index contributed by atoms with van der Waals surface area (Å²) in [5.41, 5.74) is 0. The highest BCUT2D eigenvalue weighted by atomic mass is 16.3. The van der Waals surface area contributed by atoms with E-state index in [1.54, 1.807) is 6.26 Å². The van der Waals surface area contributed by atoms with E-state index in [1.807, 2.05) is 6.07 Å². The van der Waals surface area contributed by atoms with Gasteiger partial charge in [0.2, 0.25) is 0 Å². The lowest BCUT2D eigenvalue weighted by Gasteiger charge is -2.44. The molecule has 0 spiro atoms. The van der Waals surface area contributed by atoms with E-state index in [0.29, 0.717) is 18.1 Å². The van der Waals surface area contributed by atoms with Crippen LogP contribution in [0.1, 0.15) is 57.8 Å². The van der Waals surface area contributed by atoms with Crippen molar-refractivity contribution in [3.8, 4) is 0 Å². The Labute approximate surface area is 122 Å². The van der Waals surface area contributed by atoms with Gasteiger partial charge in [-0.2, -0.15) is 0 Å². The average Bonchev–Trinajstić information content (AvgIpc) is 3.02. The van der Waals surface area contributed by atoms with Crippen molar-refractivity contribution in [3.05, 3.63) is 24.2 Å². The molecular formula is C17H28N2O. The standard InChI is InChI=1S/C17H28N2O/c1-13-11-18-16(15-7-4-3-5-8-15)12-19(13)14(2)17-9-6-10-20-17/h6,9-10,13-16,18H,3-5,7-8,11-12H2,1-2H3. The number of rotatable bonds is 3. The molecule has 3 rings (SSSR count). The van der Waals surface area contributed by atoms with Crippen LogP contribution in [0.15, 0.2) is 22.8 Å². The molecule has 2 heterocycles. The fourth-order valence-electron chi connectivity index (χ4n) is 4.00. The second kappa shape index (κ2) is 6.31. The van der Waals surface area contributed by atoms with Crippen LogP contribution in [0, 0.1) is 5.92 Å². The molecule has 1 N–H and O–H groups in total. The Balaban J connectivity index is 1.66. The van der Waals surface area contributed by atoms with Crippen molar-refractivity contribution >= 4 is 0 Å². The summed E-state index contributed by atoms with van der Waals surface area (Å²) in [5.74, 6) is 1.98. The van der Waals surface area contributed by atoms with Crippen LogP contribution < -0.4 is 5.32 Å². The Bertz CT molecular complexity index is 397. The summed E-state index contributed by atoms with van der Waals surface area (Å²) in [4.78, 5) is 2.62. The van der Waals surface area contributed by atoms with E-state index >= 15 is 0 Å². The first kappa shape index (κ1) is 14.2. The molecule has 20 heavy (non-hydrogen) atoms. The summed E-state index contributed by atoms with van der Waals surface area (Å²) in [6, 6.07) is 5.74. The molecule has 3 heteroatoms. The van der Waals surface area contributed by atoms with Crippen molar-refractivity contribution in [2.24, 2.45) is 5.92 Å². The predicted molar refractivity (Wildman–Crippen MR) is 81.7 cm³/mol. The van der Waals surface area contributed by atoms with E-state index in [0.717, 1.165) is 24.8 Å². The second-order valence-corrected chi connectivity index (χ2v) is 6.65. The highest BCUT2D eigenvalue weighted by Gasteiger charge is 2.34. The Kier molecular flexibility index (Phi) is 4.47.